The number of hydrogen-bond acceptors (Lipinski definition) is 3. The summed E-state index contributed by atoms with van der Waals surface area (Å²) in [5.74, 6) is 0.499. The van der Waals surface area contributed by atoms with Crippen molar-refractivity contribution in [2.75, 3.05) is 0 Å². The molecule has 0 atom stereocenters. The molecular weight excluding hydrogens is 359 g/mol. The maximum Gasteiger partial charge on any atom is 0.262 e. The summed E-state index contributed by atoms with van der Waals surface area (Å²) in [5.41, 5.74) is 1.74. The Morgan fingerprint density at radius 2 is 1.85 bits per heavy atom. The Hall–Kier alpha value is -2.79. The number of rotatable bonds is 4. The molecule has 0 radical (unpaired) electrons. The van der Waals surface area contributed by atoms with Gasteiger partial charge in [0.25, 0.3) is 5.56 Å². The first-order chi connectivity index (χ1) is 13.0. The summed E-state index contributed by atoms with van der Waals surface area (Å²) in [6.45, 7) is 4.34. The monoisotopic (exact) mass is 378 g/mol. The number of hydrogen-bond donors (Lipinski definition) is 0. The van der Waals surface area contributed by atoms with E-state index in [1.54, 1.807) is 10.6 Å². The predicted molar refractivity (Wildman–Crippen MR) is 109 cm³/mol. The maximum atomic E-state index is 13.6. The van der Waals surface area contributed by atoms with Crippen molar-refractivity contribution in [3.63, 3.8) is 0 Å². The van der Waals surface area contributed by atoms with Gasteiger partial charge in [-0.15, -0.1) is 11.3 Å². The molecular formula is C22H19FN2OS. The lowest BCUT2D eigenvalue weighted by Crippen LogP contribution is -2.26. The van der Waals surface area contributed by atoms with E-state index in [-0.39, 0.29) is 17.3 Å². The van der Waals surface area contributed by atoms with Gasteiger partial charge in [0.15, 0.2) is 0 Å². The van der Waals surface area contributed by atoms with Crippen LogP contribution in [0.4, 0.5) is 4.39 Å². The molecule has 27 heavy (non-hydrogen) atoms. The van der Waals surface area contributed by atoms with Crippen LogP contribution in [-0.2, 0) is 6.54 Å². The summed E-state index contributed by atoms with van der Waals surface area (Å²) in [4.78, 5) is 19.8. The molecule has 3 nitrogen and oxygen atoms in total. The van der Waals surface area contributed by atoms with Crippen LogP contribution in [0.3, 0.4) is 0 Å². The number of nitrogens with zero attached hydrogens (tertiary/aromatic N) is 2. The van der Waals surface area contributed by atoms with Crippen LogP contribution in [0.1, 0.15) is 31.2 Å². The molecule has 0 fully saturated rings. The van der Waals surface area contributed by atoms with E-state index in [1.807, 2.05) is 56.3 Å². The Labute approximate surface area is 160 Å². The van der Waals surface area contributed by atoms with Gasteiger partial charge in [0.2, 0.25) is 0 Å². The van der Waals surface area contributed by atoms with Gasteiger partial charge < -0.3 is 0 Å². The van der Waals surface area contributed by atoms with E-state index < -0.39 is 0 Å². The molecule has 4 aromatic rings. The highest BCUT2D eigenvalue weighted by Crippen LogP contribution is 2.31. The summed E-state index contributed by atoms with van der Waals surface area (Å²) in [5, 5.41) is 0.611. The van der Waals surface area contributed by atoms with Crippen LogP contribution < -0.4 is 5.56 Å². The second-order valence-corrected chi connectivity index (χ2v) is 7.87. The fourth-order valence-corrected chi connectivity index (χ4v) is 4.22. The lowest BCUT2D eigenvalue weighted by Gasteiger charge is -2.15. The van der Waals surface area contributed by atoms with Crippen LogP contribution in [0.25, 0.3) is 20.7 Å². The van der Waals surface area contributed by atoms with Crippen LogP contribution in [0.2, 0.25) is 0 Å². The Kier molecular flexibility index (Phi) is 4.62. The third kappa shape index (κ3) is 3.43. The Morgan fingerprint density at radius 3 is 2.56 bits per heavy atom. The molecule has 2 aromatic heterocycles. The maximum absolute atomic E-state index is 13.6. The number of thiophene rings is 1. The molecule has 136 valence electrons. The second-order valence-electron chi connectivity index (χ2n) is 6.84. The van der Waals surface area contributed by atoms with Gasteiger partial charge in [0.05, 0.1) is 11.9 Å². The van der Waals surface area contributed by atoms with Crippen molar-refractivity contribution in [3.05, 3.63) is 88.2 Å². The largest absolute Gasteiger partial charge is 0.291 e. The van der Waals surface area contributed by atoms with Crippen LogP contribution >= 0.6 is 11.3 Å². The first-order valence-electron chi connectivity index (χ1n) is 8.87. The highest BCUT2D eigenvalue weighted by Gasteiger charge is 2.17. The first kappa shape index (κ1) is 17.6. The standard InChI is InChI=1S/C22H19FN2OS/c1-14(2)20-24-21-18(12-19(27-21)16-8-4-3-5-9-16)22(26)25(20)13-15-7-6-10-17(23)11-15/h3-12,14H,13H2,1-2H3. The molecule has 2 heterocycles. The Morgan fingerprint density at radius 1 is 1.07 bits per heavy atom. The van der Waals surface area contributed by atoms with Crippen LogP contribution in [0, 0.1) is 5.82 Å². The minimum absolute atomic E-state index is 0.0774. The first-order valence-corrected chi connectivity index (χ1v) is 9.68. The number of benzene rings is 2. The van der Waals surface area contributed by atoms with Crippen molar-refractivity contribution in [2.24, 2.45) is 0 Å². The average molecular weight is 378 g/mol. The zero-order valence-corrected chi connectivity index (χ0v) is 16.0. The molecule has 0 aliphatic carbocycles. The molecule has 0 bridgehead atoms. The van der Waals surface area contributed by atoms with Gasteiger partial charge in [0, 0.05) is 10.8 Å². The molecule has 0 spiro atoms. The number of fused-ring (bicyclic) bond motifs is 1. The smallest absolute Gasteiger partial charge is 0.262 e. The molecule has 0 saturated heterocycles. The van der Waals surface area contributed by atoms with E-state index in [0.29, 0.717) is 11.9 Å². The molecule has 0 unspecified atom stereocenters. The topological polar surface area (TPSA) is 34.9 Å². The van der Waals surface area contributed by atoms with Crippen molar-refractivity contribution in [3.8, 4) is 10.4 Å². The molecule has 4 rings (SSSR count). The van der Waals surface area contributed by atoms with Gasteiger partial charge in [-0.05, 0) is 29.3 Å². The van der Waals surface area contributed by atoms with Gasteiger partial charge in [-0.2, -0.15) is 0 Å². The predicted octanol–water partition coefficient (Wildman–Crippen LogP) is 5.44. The van der Waals surface area contributed by atoms with Gasteiger partial charge >= 0.3 is 0 Å². The zero-order chi connectivity index (χ0) is 19.0. The molecule has 5 heteroatoms. The Balaban J connectivity index is 1.88. The van der Waals surface area contributed by atoms with Crippen molar-refractivity contribution in [2.45, 2.75) is 26.3 Å². The molecule has 0 aliphatic rings. The van der Waals surface area contributed by atoms with Gasteiger partial charge in [-0.3, -0.25) is 9.36 Å². The lowest BCUT2D eigenvalue weighted by atomic mass is 10.1. The minimum atomic E-state index is -0.303. The van der Waals surface area contributed by atoms with E-state index in [2.05, 4.69) is 0 Å². The van der Waals surface area contributed by atoms with E-state index in [9.17, 15) is 9.18 Å². The number of halogens is 1. The third-order valence-corrected chi connectivity index (χ3v) is 5.56. The Bertz CT molecular complexity index is 1160. The van der Waals surface area contributed by atoms with E-state index in [1.165, 1.54) is 23.5 Å². The summed E-state index contributed by atoms with van der Waals surface area (Å²) < 4.78 is 15.2. The van der Waals surface area contributed by atoms with Gasteiger partial charge in [-0.25, -0.2) is 9.37 Å². The molecule has 2 aromatic carbocycles. The van der Waals surface area contributed by atoms with Crippen molar-refractivity contribution < 1.29 is 4.39 Å². The van der Waals surface area contributed by atoms with Crippen molar-refractivity contribution in [1.29, 1.82) is 0 Å². The number of aromatic nitrogens is 2. The van der Waals surface area contributed by atoms with Crippen LogP contribution in [0.15, 0.2) is 65.5 Å². The second kappa shape index (κ2) is 7.08. The highest BCUT2D eigenvalue weighted by molar-refractivity contribution is 7.21. The zero-order valence-electron chi connectivity index (χ0n) is 15.1. The van der Waals surface area contributed by atoms with Gasteiger partial charge in [0.1, 0.15) is 16.5 Å². The van der Waals surface area contributed by atoms with E-state index in [4.69, 9.17) is 4.98 Å². The summed E-state index contributed by atoms with van der Waals surface area (Å²) in [7, 11) is 0. The molecule has 0 N–H and O–H groups in total. The average Bonchev–Trinajstić information content (AvgIpc) is 3.09. The quantitative estimate of drug-likeness (QED) is 0.474. The SMILES string of the molecule is CC(C)c1nc2sc(-c3ccccc3)cc2c(=O)n1Cc1cccc(F)c1. The van der Waals surface area contributed by atoms with Crippen molar-refractivity contribution >= 4 is 21.6 Å². The fourth-order valence-electron chi connectivity index (χ4n) is 3.19. The fraction of sp³-hybridized carbons (Fsp3) is 0.182. The minimum Gasteiger partial charge on any atom is -0.291 e. The normalized spacial score (nSPS) is 11.4. The summed E-state index contributed by atoms with van der Waals surface area (Å²) >= 11 is 1.53. The third-order valence-electron chi connectivity index (χ3n) is 4.49. The van der Waals surface area contributed by atoms with E-state index >= 15 is 0 Å². The van der Waals surface area contributed by atoms with Crippen LogP contribution in [0.5, 0.6) is 0 Å². The molecule has 0 aliphatic heterocycles. The molecule has 0 saturated carbocycles. The highest BCUT2D eigenvalue weighted by atomic mass is 32.1. The van der Waals surface area contributed by atoms with E-state index in [0.717, 1.165) is 26.7 Å². The van der Waals surface area contributed by atoms with Crippen molar-refractivity contribution in [1.82, 2.24) is 9.55 Å². The summed E-state index contributed by atoms with van der Waals surface area (Å²) in [6, 6.07) is 18.3. The summed E-state index contributed by atoms with van der Waals surface area (Å²) in [6.07, 6.45) is 0. The lowest BCUT2D eigenvalue weighted by molar-refractivity contribution is 0.612. The molecule has 0 amide bonds. The van der Waals surface area contributed by atoms with Gasteiger partial charge in [-0.1, -0.05) is 56.3 Å². The van der Waals surface area contributed by atoms with Crippen LogP contribution in [-0.4, -0.2) is 9.55 Å².